The fourth-order valence-corrected chi connectivity index (χ4v) is 2.53. The molecule has 0 radical (unpaired) electrons. The Kier molecular flexibility index (Phi) is 8.91. The van der Waals surface area contributed by atoms with Gasteiger partial charge >= 0.3 is 0 Å². The summed E-state index contributed by atoms with van der Waals surface area (Å²) in [4.78, 5) is 8.79. The number of halogens is 1. The number of rotatable bonds is 6. The lowest BCUT2D eigenvalue weighted by Gasteiger charge is -2.17. The number of hydrogen-bond acceptors (Lipinski definition) is 2. The number of hydrogen-bond donors (Lipinski definition) is 2. The Morgan fingerprint density at radius 3 is 2.57 bits per heavy atom. The van der Waals surface area contributed by atoms with E-state index in [-0.39, 0.29) is 24.0 Å². The highest BCUT2D eigenvalue weighted by Gasteiger charge is 2.06. The van der Waals surface area contributed by atoms with Crippen molar-refractivity contribution in [2.24, 2.45) is 10.9 Å². The second-order valence-electron chi connectivity index (χ2n) is 5.47. The van der Waals surface area contributed by atoms with Crippen molar-refractivity contribution in [3.8, 4) is 0 Å². The summed E-state index contributed by atoms with van der Waals surface area (Å²) in [6.45, 7) is 6.08. The molecule has 2 rings (SSSR count). The summed E-state index contributed by atoms with van der Waals surface area (Å²) in [6, 6.07) is 10.4. The normalized spacial score (nSPS) is 11.4. The molecule has 0 spiro atoms. The van der Waals surface area contributed by atoms with Gasteiger partial charge in [0.15, 0.2) is 5.96 Å². The van der Waals surface area contributed by atoms with E-state index in [1.165, 1.54) is 23.6 Å². The first-order valence-electron chi connectivity index (χ1n) is 8.05. The number of aliphatic imine (C=N–C) groups is 1. The zero-order chi connectivity index (χ0) is 15.8. The lowest BCUT2D eigenvalue weighted by Crippen LogP contribution is -2.39. The van der Waals surface area contributed by atoms with Gasteiger partial charge in [-0.2, -0.15) is 0 Å². The first-order chi connectivity index (χ1) is 10.8. The largest absolute Gasteiger partial charge is 0.356 e. The summed E-state index contributed by atoms with van der Waals surface area (Å²) in [5, 5.41) is 9.16. The van der Waals surface area contributed by atoms with Crippen molar-refractivity contribution in [1.29, 1.82) is 0 Å². The van der Waals surface area contributed by atoms with E-state index in [0.717, 1.165) is 18.2 Å². The standard InChI is InChI=1S/C18H26N4.HI/c1-4-14(5-2)12-21-18(19-3)22-13-17-16-9-7-6-8-15(16)10-11-20-17;/h6-11,14H,4-5,12-13H2,1-3H3,(H2,19,21,22);1H. The first-order valence-corrected chi connectivity index (χ1v) is 8.05. The molecule has 23 heavy (non-hydrogen) atoms. The number of nitrogens with zero attached hydrogens (tertiary/aromatic N) is 2. The summed E-state index contributed by atoms with van der Waals surface area (Å²) >= 11 is 0. The zero-order valence-corrected chi connectivity index (χ0v) is 16.5. The van der Waals surface area contributed by atoms with Gasteiger partial charge < -0.3 is 10.6 Å². The van der Waals surface area contributed by atoms with E-state index in [0.29, 0.717) is 12.5 Å². The van der Waals surface area contributed by atoms with Crippen molar-refractivity contribution >= 4 is 40.7 Å². The minimum absolute atomic E-state index is 0. The van der Waals surface area contributed by atoms with Crippen LogP contribution < -0.4 is 10.6 Å². The van der Waals surface area contributed by atoms with Crippen molar-refractivity contribution in [3.05, 3.63) is 42.2 Å². The van der Waals surface area contributed by atoms with Crippen LogP contribution in [0, 0.1) is 5.92 Å². The van der Waals surface area contributed by atoms with Gasteiger partial charge in [0, 0.05) is 25.2 Å². The molecule has 0 unspecified atom stereocenters. The SMILES string of the molecule is CCC(CC)CNC(=NC)NCc1nccc2ccccc12.I. The average Bonchev–Trinajstić information content (AvgIpc) is 2.58. The van der Waals surface area contributed by atoms with Crippen molar-refractivity contribution in [1.82, 2.24) is 15.6 Å². The fraction of sp³-hybridized carbons (Fsp3) is 0.444. The molecule has 0 aliphatic heterocycles. The maximum Gasteiger partial charge on any atom is 0.191 e. The Morgan fingerprint density at radius 2 is 1.87 bits per heavy atom. The van der Waals surface area contributed by atoms with Crippen LogP contribution in [0.2, 0.25) is 0 Å². The number of aromatic nitrogens is 1. The molecule has 4 nitrogen and oxygen atoms in total. The predicted octanol–water partition coefficient (Wildman–Crippen LogP) is 3.95. The molecule has 0 aliphatic carbocycles. The van der Waals surface area contributed by atoms with E-state index in [1.807, 2.05) is 18.3 Å². The summed E-state index contributed by atoms with van der Waals surface area (Å²) in [7, 11) is 1.80. The fourth-order valence-electron chi connectivity index (χ4n) is 2.53. The summed E-state index contributed by atoms with van der Waals surface area (Å²) in [5.74, 6) is 1.52. The van der Waals surface area contributed by atoms with Gasteiger partial charge in [-0.25, -0.2) is 0 Å². The van der Waals surface area contributed by atoms with Crippen LogP contribution in [0.25, 0.3) is 10.8 Å². The molecule has 2 aromatic rings. The molecular weight excluding hydrogens is 399 g/mol. The Bertz CT molecular complexity index is 618. The predicted molar refractivity (Wildman–Crippen MR) is 109 cm³/mol. The summed E-state index contributed by atoms with van der Waals surface area (Å²) in [5.41, 5.74) is 1.04. The smallest absolute Gasteiger partial charge is 0.191 e. The van der Waals surface area contributed by atoms with Crippen LogP contribution in [0.1, 0.15) is 32.4 Å². The Balaban J connectivity index is 0.00000264. The number of guanidine groups is 1. The molecule has 5 heteroatoms. The molecule has 0 amide bonds. The molecule has 1 aromatic carbocycles. The van der Waals surface area contributed by atoms with E-state index in [4.69, 9.17) is 0 Å². The lowest BCUT2D eigenvalue weighted by molar-refractivity contribution is 0.481. The van der Waals surface area contributed by atoms with Gasteiger partial charge in [0.05, 0.1) is 12.2 Å². The van der Waals surface area contributed by atoms with Gasteiger partial charge in [0.1, 0.15) is 0 Å². The van der Waals surface area contributed by atoms with Crippen LogP contribution in [-0.4, -0.2) is 24.5 Å². The minimum atomic E-state index is 0. The third kappa shape index (κ3) is 5.64. The molecule has 126 valence electrons. The van der Waals surface area contributed by atoms with E-state index in [9.17, 15) is 0 Å². The maximum absolute atomic E-state index is 4.50. The lowest BCUT2D eigenvalue weighted by atomic mass is 10.0. The Hall–Kier alpha value is -1.37. The highest BCUT2D eigenvalue weighted by molar-refractivity contribution is 14.0. The van der Waals surface area contributed by atoms with E-state index in [2.05, 4.69) is 52.7 Å². The van der Waals surface area contributed by atoms with Crippen LogP contribution in [0.5, 0.6) is 0 Å². The number of pyridine rings is 1. The molecule has 0 fully saturated rings. The van der Waals surface area contributed by atoms with E-state index < -0.39 is 0 Å². The molecule has 0 aliphatic rings. The molecule has 0 bridgehead atoms. The third-order valence-electron chi connectivity index (χ3n) is 4.12. The number of fused-ring (bicyclic) bond motifs is 1. The van der Waals surface area contributed by atoms with E-state index in [1.54, 1.807) is 7.05 Å². The molecule has 0 saturated heterocycles. The van der Waals surface area contributed by atoms with Crippen molar-refractivity contribution in [3.63, 3.8) is 0 Å². The maximum atomic E-state index is 4.50. The molecule has 0 atom stereocenters. The second kappa shape index (κ2) is 10.4. The van der Waals surface area contributed by atoms with Crippen LogP contribution in [-0.2, 0) is 6.54 Å². The highest BCUT2D eigenvalue weighted by atomic mass is 127. The van der Waals surface area contributed by atoms with E-state index >= 15 is 0 Å². The van der Waals surface area contributed by atoms with Crippen molar-refractivity contribution in [2.45, 2.75) is 33.2 Å². The minimum Gasteiger partial charge on any atom is -0.356 e. The average molecular weight is 426 g/mol. The number of benzene rings is 1. The third-order valence-corrected chi connectivity index (χ3v) is 4.12. The molecule has 2 N–H and O–H groups in total. The molecular formula is C18H27IN4. The van der Waals surface area contributed by atoms with Gasteiger partial charge in [-0.1, -0.05) is 51.0 Å². The number of nitrogens with one attached hydrogen (secondary N) is 2. The second-order valence-corrected chi connectivity index (χ2v) is 5.47. The van der Waals surface area contributed by atoms with Crippen LogP contribution in [0.15, 0.2) is 41.5 Å². The Morgan fingerprint density at radius 1 is 1.13 bits per heavy atom. The molecule has 1 heterocycles. The topological polar surface area (TPSA) is 49.3 Å². The van der Waals surface area contributed by atoms with Crippen molar-refractivity contribution < 1.29 is 0 Å². The van der Waals surface area contributed by atoms with Gasteiger partial charge in [-0.15, -0.1) is 24.0 Å². The van der Waals surface area contributed by atoms with Crippen molar-refractivity contribution in [2.75, 3.05) is 13.6 Å². The van der Waals surface area contributed by atoms with Gasteiger partial charge in [-0.05, 0) is 17.4 Å². The summed E-state index contributed by atoms with van der Waals surface area (Å²) in [6.07, 6.45) is 4.23. The monoisotopic (exact) mass is 426 g/mol. The Labute approximate surface area is 156 Å². The zero-order valence-electron chi connectivity index (χ0n) is 14.2. The highest BCUT2D eigenvalue weighted by Crippen LogP contribution is 2.15. The quantitative estimate of drug-likeness (QED) is 0.418. The molecule has 1 aromatic heterocycles. The van der Waals surface area contributed by atoms with Crippen LogP contribution in [0.3, 0.4) is 0 Å². The summed E-state index contributed by atoms with van der Waals surface area (Å²) < 4.78 is 0. The van der Waals surface area contributed by atoms with Crippen LogP contribution in [0.4, 0.5) is 0 Å². The van der Waals surface area contributed by atoms with Crippen LogP contribution >= 0.6 is 24.0 Å². The van der Waals surface area contributed by atoms with Gasteiger partial charge in [-0.3, -0.25) is 9.98 Å². The first kappa shape index (κ1) is 19.7. The van der Waals surface area contributed by atoms with Gasteiger partial charge in [0.25, 0.3) is 0 Å². The molecule has 0 saturated carbocycles. The van der Waals surface area contributed by atoms with Gasteiger partial charge in [0.2, 0.25) is 0 Å².